The van der Waals surface area contributed by atoms with Gasteiger partial charge in [-0.05, 0) is 48.9 Å². The van der Waals surface area contributed by atoms with Gasteiger partial charge in [0.25, 0.3) is 0 Å². The lowest BCUT2D eigenvalue weighted by Crippen LogP contribution is -2.20. The van der Waals surface area contributed by atoms with Crippen molar-refractivity contribution >= 4 is 11.4 Å². The molecule has 0 aliphatic carbocycles. The molecule has 0 bridgehead atoms. The first-order valence-electron chi connectivity index (χ1n) is 10.9. The molecule has 0 aliphatic heterocycles. The minimum absolute atomic E-state index is 0.554. The topological polar surface area (TPSA) is 24.1 Å². The monoisotopic (exact) mass is 366 g/mol. The van der Waals surface area contributed by atoms with Crippen LogP contribution in [0.25, 0.3) is 0 Å². The third-order valence-electron chi connectivity index (χ3n) is 5.39. The lowest BCUT2D eigenvalue weighted by molar-refractivity contribution is 0.621. The van der Waals surface area contributed by atoms with E-state index in [0.717, 1.165) is 19.3 Å². The van der Waals surface area contributed by atoms with E-state index in [4.69, 9.17) is 0 Å². The molecule has 0 aliphatic rings. The van der Waals surface area contributed by atoms with Gasteiger partial charge in [-0.25, -0.2) is 0 Å². The van der Waals surface area contributed by atoms with Crippen LogP contribution in [0.3, 0.4) is 0 Å². The molecule has 2 atom stereocenters. The molecule has 0 saturated carbocycles. The third-order valence-corrected chi connectivity index (χ3v) is 5.39. The average molecular weight is 367 g/mol. The standard InChI is InChI=1S/C25H38N2/c1-5-13-22(7-3)26-24-17-11-9-15-20(24)19-21-16-10-12-18-25(21)27-23(8-4)14-6-2/h9-12,15-18,22-23,26-27H,5-8,13-14,19H2,1-4H3. The van der Waals surface area contributed by atoms with Gasteiger partial charge in [-0.3, -0.25) is 0 Å². The summed E-state index contributed by atoms with van der Waals surface area (Å²) in [6.45, 7) is 9.07. The lowest BCUT2D eigenvalue weighted by Gasteiger charge is -2.22. The quantitative estimate of drug-likeness (QED) is 0.413. The van der Waals surface area contributed by atoms with Crippen LogP contribution in [-0.2, 0) is 6.42 Å². The zero-order valence-electron chi connectivity index (χ0n) is 17.7. The number of benzene rings is 2. The number of anilines is 2. The first-order chi connectivity index (χ1) is 13.2. The molecule has 2 rings (SSSR count). The van der Waals surface area contributed by atoms with Crippen LogP contribution in [0.15, 0.2) is 48.5 Å². The number of para-hydroxylation sites is 2. The zero-order valence-corrected chi connectivity index (χ0v) is 17.7. The number of hydrogen-bond donors (Lipinski definition) is 2. The second-order valence-electron chi connectivity index (χ2n) is 7.57. The summed E-state index contributed by atoms with van der Waals surface area (Å²) in [6.07, 6.45) is 8.16. The van der Waals surface area contributed by atoms with Crippen LogP contribution < -0.4 is 10.6 Å². The summed E-state index contributed by atoms with van der Waals surface area (Å²) in [5.41, 5.74) is 5.33. The zero-order chi connectivity index (χ0) is 19.5. The summed E-state index contributed by atoms with van der Waals surface area (Å²) in [6, 6.07) is 18.7. The molecular formula is C25H38N2. The Balaban J connectivity index is 2.20. The third kappa shape index (κ3) is 6.61. The van der Waals surface area contributed by atoms with Crippen molar-refractivity contribution in [1.82, 2.24) is 0 Å². The number of hydrogen-bond acceptors (Lipinski definition) is 2. The SMILES string of the molecule is CCCC(CC)Nc1ccccc1Cc1ccccc1NC(CC)CCC. The minimum atomic E-state index is 0.554. The van der Waals surface area contributed by atoms with Gasteiger partial charge in [-0.15, -0.1) is 0 Å². The second-order valence-corrected chi connectivity index (χ2v) is 7.57. The predicted molar refractivity (Wildman–Crippen MR) is 121 cm³/mol. The van der Waals surface area contributed by atoms with E-state index in [1.807, 2.05) is 0 Å². The van der Waals surface area contributed by atoms with Crippen LogP contribution in [-0.4, -0.2) is 12.1 Å². The molecule has 0 amide bonds. The Morgan fingerprint density at radius 2 is 1.04 bits per heavy atom. The van der Waals surface area contributed by atoms with Gasteiger partial charge in [0.15, 0.2) is 0 Å². The fraction of sp³-hybridized carbons (Fsp3) is 0.520. The van der Waals surface area contributed by atoms with Gasteiger partial charge >= 0.3 is 0 Å². The number of nitrogens with one attached hydrogen (secondary N) is 2. The van der Waals surface area contributed by atoms with E-state index >= 15 is 0 Å². The summed E-state index contributed by atoms with van der Waals surface area (Å²) in [5.74, 6) is 0. The number of rotatable bonds is 12. The molecule has 2 unspecified atom stereocenters. The van der Waals surface area contributed by atoms with Crippen LogP contribution in [0, 0.1) is 0 Å². The smallest absolute Gasteiger partial charge is 0.0378 e. The Morgan fingerprint density at radius 1 is 0.630 bits per heavy atom. The highest BCUT2D eigenvalue weighted by Gasteiger charge is 2.12. The van der Waals surface area contributed by atoms with E-state index in [9.17, 15) is 0 Å². The summed E-state index contributed by atoms with van der Waals surface area (Å²) in [4.78, 5) is 0. The maximum absolute atomic E-state index is 3.79. The normalized spacial score (nSPS) is 13.2. The van der Waals surface area contributed by atoms with Crippen LogP contribution in [0.4, 0.5) is 11.4 Å². The Kier molecular flexibility index (Phi) is 9.24. The Bertz CT molecular complexity index is 607. The van der Waals surface area contributed by atoms with Crippen molar-refractivity contribution in [2.24, 2.45) is 0 Å². The van der Waals surface area contributed by atoms with E-state index in [2.05, 4.69) is 86.9 Å². The second kappa shape index (κ2) is 11.7. The van der Waals surface area contributed by atoms with Crippen molar-refractivity contribution in [3.63, 3.8) is 0 Å². The summed E-state index contributed by atoms with van der Waals surface area (Å²) >= 11 is 0. The van der Waals surface area contributed by atoms with Gasteiger partial charge in [-0.2, -0.15) is 0 Å². The van der Waals surface area contributed by atoms with Crippen molar-refractivity contribution in [2.75, 3.05) is 10.6 Å². The van der Waals surface area contributed by atoms with Crippen molar-refractivity contribution in [2.45, 2.75) is 84.7 Å². The van der Waals surface area contributed by atoms with E-state index in [1.165, 1.54) is 48.2 Å². The van der Waals surface area contributed by atoms with Gasteiger partial charge in [-0.1, -0.05) is 76.9 Å². The van der Waals surface area contributed by atoms with Crippen molar-refractivity contribution < 1.29 is 0 Å². The molecular weight excluding hydrogens is 328 g/mol. The molecule has 2 N–H and O–H groups in total. The van der Waals surface area contributed by atoms with Gasteiger partial charge in [0.05, 0.1) is 0 Å². The Morgan fingerprint density at radius 3 is 1.41 bits per heavy atom. The maximum Gasteiger partial charge on any atom is 0.0378 e. The fourth-order valence-electron chi connectivity index (χ4n) is 3.73. The highest BCUT2D eigenvalue weighted by Crippen LogP contribution is 2.26. The molecule has 2 aromatic rings. The Hall–Kier alpha value is -1.96. The summed E-state index contributed by atoms with van der Waals surface area (Å²) < 4.78 is 0. The first-order valence-corrected chi connectivity index (χ1v) is 10.9. The van der Waals surface area contributed by atoms with Gasteiger partial charge in [0, 0.05) is 29.9 Å². The van der Waals surface area contributed by atoms with E-state index in [-0.39, 0.29) is 0 Å². The molecule has 0 fully saturated rings. The molecule has 0 aromatic heterocycles. The molecule has 27 heavy (non-hydrogen) atoms. The molecule has 0 radical (unpaired) electrons. The predicted octanol–water partition coefficient (Wildman–Crippen LogP) is 7.26. The van der Waals surface area contributed by atoms with Crippen LogP contribution in [0.5, 0.6) is 0 Å². The fourth-order valence-corrected chi connectivity index (χ4v) is 3.73. The Labute approximate surface area is 166 Å². The first kappa shape index (κ1) is 21.3. The molecule has 2 nitrogen and oxygen atoms in total. The molecule has 2 heteroatoms. The van der Waals surface area contributed by atoms with Gasteiger partial charge < -0.3 is 10.6 Å². The van der Waals surface area contributed by atoms with E-state index < -0.39 is 0 Å². The highest BCUT2D eigenvalue weighted by atomic mass is 14.9. The maximum atomic E-state index is 3.79. The van der Waals surface area contributed by atoms with Crippen LogP contribution >= 0.6 is 0 Å². The average Bonchev–Trinajstić information content (AvgIpc) is 2.70. The van der Waals surface area contributed by atoms with Crippen molar-refractivity contribution in [3.8, 4) is 0 Å². The summed E-state index contributed by atoms with van der Waals surface area (Å²) in [7, 11) is 0. The molecule has 0 spiro atoms. The van der Waals surface area contributed by atoms with Gasteiger partial charge in [0.1, 0.15) is 0 Å². The molecule has 0 saturated heterocycles. The molecule has 0 heterocycles. The molecule has 2 aromatic carbocycles. The van der Waals surface area contributed by atoms with Gasteiger partial charge in [0.2, 0.25) is 0 Å². The lowest BCUT2D eigenvalue weighted by atomic mass is 9.99. The van der Waals surface area contributed by atoms with E-state index in [1.54, 1.807) is 0 Å². The van der Waals surface area contributed by atoms with Crippen LogP contribution in [0.1, 0.15) is 77.3 Å². The minimum Gasteiger partial charge on any atom is -0.382 e. The molecule has 148 valence electrons. The summed E-state index contributed by atoms with van der Waals surface area (Å²) in [5, 5.41) is 7.58. The van der Waals surface area contributed by atoms with Crippen molar-refractivity contribution in [1.29, 1.82) is 0 Å². The largest absolute Gasteiger partial charge is 0.382 e. The van der Waals surface area contributed by atoms with Crippen molar-refractivity contribution in [3.05, 3.63) is 59.7 Å². The highest BCUT2D eigenvalue weighted by molar-refractivity contribution is 5.58. The van der Waals surface area contributed by atoms with E-state index in [0.29, 0.717) is 12.1 Å². The van der Waals surface area contributed by atoms with Crippen LogP contribution in [0.2, 0.25) is 0 Å².